The summed E-state index contributed by atoms with van der Waals surface area (Å²) in [4.78, 5) is 22.5. The van der Waals surface area contributed by atoms with Crippen LogP contribution in [0, 0.1) is 12.8 Å². The Kier molecular flexibility index (Phi) is 7.39. The molecule has 0 saturated heterocycles. The number of anilines is 2. The molecule has 2 atom stereocenters. The Labute approximate surface area is 227 Å². The standard InChI is InChI=1S/C27H29F4N7O2/c1-15-9-18-10-21(33-15)20-13-32-37(3)25(20)40-8-4-5-17(12-28)14-38-23-7-6-19(34-16(2)27(29,30)31)11-22(23)35-26(38)36-24(18)39/h6-7,9-11,13,16-17,34H,4-5,8,12,14H2,1-3H3,(H,35,36,39)/t16-,17-/m0/s1. The Balaban J connectivity index is 1.57. The topological polar surface area (TPSA) is 98.9 Å². The minimum atomic E-state index is -4.42. The number of carbonyl (C=O) groups is 1. The number of nitrogens with zero attached hydrogens (tertiary/aromatic N) is 5. The molecular weight excluding hydrogens is 530 g/mol. The van der Waals surface area contributed by atoms with Gasteiger partial charge in [0, 0.05) is 36.5 Å². The maximum atomic E-state index is 14.2. The second-order valence-corrected chi connectivity index (χ2v) is 9.99. The zero-order chi connectivity index (χ0) is 28.6. The van der Waals surface area contributed by atoms with E-state index in [1.54, 1.807) is 47.6 Å². The van der Waals surface area contributed by atoms with Crippen molar-refractivity contribution in [3.05, 3.63) is 47.8 Å². The molecule has 0 saturated carbocycles. The number of hydrogen-bond donors (Lipinski definition) is 2. The minimum Gasteiger partial charge on any atom is -0.477 e. The number of halogens is 4. The quantitative estimate of drug-likeness (QED) is 0.321. The van der Waals surface area contributed by atoms with Crippen LogP contribution in [-0.4, -0.2) is 55.7 Å². The van der Waals surface area contributed by atoms with Crippen molar-refractivity contribution in [3.63, 3.8) is 0 Å². The van der Waals surface area contributed by atoms with Crippen molar-refractivity contribution in [2.24, 2.45) is 13.0 Å². The number of benzene rings is 1. The monoisotopic (exact) mass is 559 g/mol. The van der Waals surface area contributed by atoms with Crippen molar-refractivity contribution in [1.29, 1.82) is 0 Å². The zero-order valence-electron chi connectivity index (χ0n) is 22.2. The highest BCUT2D eigenvalue weighted by molar-refractivity contribution is 6.05. The normalized spacial score (nSPS) is 17.2. The van der Waals surface area contributed by atoms with Crippen molar-refractivity contribution in [2.45, 2.75) is 45.5 Å². The number of aromatic nitrogens is 5. The first-order valence-corrected chi connectivity index (χ1v) is 12.9. The van der Waals surface area contributed by atoms with Gasteiger partial charge in [-0.1, -0.05) is 0 Å². The molecule has 212 valence electrons. The molecule has 1 aliphatic heterocycles. The number of carbonyl (C=O) groups excluding carboxylic acids is 1. The van der Waals surface area contributed by atoms with E-state index in [1.807, 2.05) is 0 Å². The smallest absolute Gasteiger partial charge is 0.408 e. The fourth-order valence-corrected chi connectivity index (χ4v) is 4.73. The number of nitrogens with one attached hydrogen (secondary N) is 2. The van der Waals surface area contributed by atoms with Gasteiger partial charge >= 0.3 is 6.18 Å². The molecule has 1 aliphatic rings. The summed E-state index contributed by atoms with van der Waals surface area (Å²) in [5.74, 6) is -0.214. The molecule has 5 rings (SSSR count). The molecule has 9 nitrogen and oxygen atoms in total. The van der Waals surface area contributed by atoms with Gasteiger partial charge in [-0.25, -0.2) is 9.67 Å². The Morgan fingerprint density at radius 3 is 2.77 bits per heavy atom. The molecule has 13 heteroatoms. The van der Waals surface area contributed by atoms with Crippen molar-refractivity contribution >= 4 is 28.6 Å². The predicted octanol–water partition coefficient (Wildman–Crippen LogP) is 5.51. The van der Waals surface area contributed by atoms with Crippen LogP contribution in [0.25, 0.3) is 22.3 Å². The third-order valence-corrected chi connectivity index (χ3v) is 6.88. The summed E-state index contributed by atoms with van der Waals surface area (Å²) in [5, 5.41) is 9.54. The average molecular weight is 560 g/mol. The number of aryl methyl sites for hydroxylation is 2. The molecule has 1 amide bonds. The molecule has 0 radical (unpaired) electrons. The highest BCUT2D eigenvalue weighted by Gasteiger charge is 2.36. The largest absolute Gasteiger partial charge is 0.477 e. The fourth-order valence-electron chi connectivity index (χ4n) is 4.73. The lowest BCUT2D eigenvalue weighted by Gasteiger charge is -2.19. The lowest BCUT2D eigenvalue weighted by atomic mass is 10.0. The van der Waals surface area contributed by atoms with Crippen molar-refractivity contribution in [3.8, 4) is 17.1 Å². The van der Waals surface area contributed by atoms with Crippen LogP contribution in [0.5, 0.6) is 5.88 Å². The maximum absolute atomic E-state index is 14.2. The number of pyridine rings is 1. The fraction of sp³-hybridized carbons (Fsp3) is 0.407. The highest BCUT2D eigenvalue weighted by Crippen LogP contribution is 2.31. The first-order chi connectivity index (χ1) is 19.0. The zero-order valence-corrected chi connectivity index (χ0v) is 22.2. The Morgan fingerprint density at radius 2 is 2.02 bits per heavy atom. The SMILES string of the molecule is Cc1cc2cc(n1)-c1cnn(C)c1OCCC[C@@H](CF)Cn1c(nc3cc(N[C@@H](C)C(F)(F)F)ccc31)NC2=O. The summed E-state index contributed by atoms with van der Waals surface area (Å²) in [6, 6.07) is 6.11. The number of rotatable bonds is 3. The maximum Gasteiger partial charge on any atom is 0.408 e. The van der Waals surface area contributed by atoms with E-state index in [4.69, 9.17) is 4.74 Å². The van der Waals surface area contributed by atoms with Gasteiger partial charge < -0.3 is 14.6 Å². The van der Waals surface area contributed by atoms with Gasteiger partial charge in [0.1, 0.15) is 6.04 Å². The molecule has 4 aromatic rings. The summed E-state index contributed by atoms with van der Waals surface area (Å²) >= 11 is 0. The summed E-state index contributed by atoms with van der Waals surface area (Å²) in [6.45, 7) is 2.70. The van der Waals surface area contributed by atoms with Gasteiger partial charge in [-0.15, -0.1) is 0 Å². The Bertz CT molecular complexity index is 1550. The molecule has 0 fully saturated rings. The van der Waals surface area contributed by atoms with Gasteiger partial charge in [-0.2, -0.15) is 18.3 Å². The van der Waals surface area contributed by atoms with Crippen LogP contribution < -0.4 is 15.4 Å². The van der Waals surface area contributed by atoms with Gasteiger partial charge in [-0.3, -0.25) is 19.5 Å². The molecule has 4 heterocycles. The lowest BCUT2D eigenvalue weighted by molar-refractivity contribution is -0.138. The second kappa shape index (κ2) is 10.8. The van der Waals surface area contributed by atoms with E-state index in [0.717, 1.165) is 6.92 Å². The molecule has 2 N–H and O–H groups in total. The van der Waals surface area contributed by atoms with E-state index in [0.29, 0.717) is 58.9 Å². The van der Waals surface area contributed by atoms with Crippen LogP contribution in [0.4, 0.5) is 29.2 Å². The molecule has 2 bridgehead atoms. The van der Waals surface area contributed by atoms with Crippen molar-refractivity contribution < 1.29 is 27.1 Å². The number of amides is 1. The van der Waals surface area contributed by atoms with Crippen LogP contribution in [0.15, 0.2) is 36.5 Å². The molecule has 0 spiro atoms. The van der Waals surface area contributed by atoms with E-state index < -0.39 is 30.7 Å². The van der Waals surface area contributed by atoms with E-state index in [1.165, 1.54) is 12.1 Å². The number of fused-ring (bicyclic) bond motifs is 7. The molecule has 40 heavy (non-hydrogen) atoms. The molecular formula is C27H29F4N7O2. The number of ether oxygens (including phenoxy) is 1. The van der Waals surface area contributed by atoms with Crippen LogP contribution in [0.2, 0.25) is 0 Å². The van der Waals surface area contributed by atoms with Crippen LogP contribution in [-0.2, 0) is 13.6 Å². The molecule has 0 aliphatic carbocycles. The number of alkyl halides is 4. The number of hydrogen-bond acceptors (Lipinski definition) is 6. The summed E-state index contributed by atoms with van der Waals surface area (Å²) in [7, 11) is 1.75. The average Bonchev–Trinajstić information content (AvgIpc) is 3.43. The van der Waals surface area contributed by atoms with Gasteiger partial charge in [0.25, 0.3) is 5.91 Å². The molecule has 1 aromatic carbocycles. The van der Waals surface area contributed by atoms with E-state index in [2.05, 4.69) is 25.7 Å². The van der Waals surface area contributed by atoms with Gasteiger partial charge in [0.2, 0.25) is 11.8 Å². The first-order valence-electron chi connectivity index (χ1n) is 12.9. The summed E-state index contributed by atoms with van der Waals surface area (Å²) in [6.07, 6.45) is -1.76. The molecule has 0 unspecified atom stereocenters. The lowest BCUT2D eigenvalue weighted by Crippen LogP contribution is -2.33. The predicted molar refractivity (Wildman–Crippen MR) is 142 cm³/mol. The van der Waals surface area contributed by atoms with Crippen LogP contribution >= 0.6 is 0 Å². The van der Waals surface area contributed by atoms with Crippen molar-refractivity contribution in [1.82, 2.24) is 24.3 Å². The highest BCUT2D eigenvalue weighted by atomic mass is 19.4. The molecule has 3 aromatic heterocycles. The van der Waals surface area contributed by atoms with Crippen LogP contribution in [0.1, 0.15) is 35.8 Å². The van der Waals surface area contributed by atoms with Crippen molar-refractivity contribution in [2.75, 3.05) is 23.9 Å². The third kappa shape index (κ3) is 5.58. The van der Waals surface area contributed by atoms with E-state index >= 15 is 0 Å². The summed E-state index contributed by atoms with van der Waals surface area (Å²) in [5.41, 5.74) is 3.19. The second-order valence-electron chi connectivity index (χ2n) is 9.99. The van der Waals surface area contributed by atoms with E-state index in [-0.39, 0.29) is 18.2 Å². The summed E-state index contributed by atoms with van der Waals surface area (Å²) < 4.78 is 62.7. The Hall–Kier alpha value is -4.16. The first kappa shape index (κ1) is 27.4. The van der Waals surface area contributed by atoms with Gasteiger partial charge in [-0.05, 0) is 57.0 Å². The van der Waals surface area contributed by atoms with Gasteiger partial charge in [0.05, 0.1) is 41.8 Å². The van der Waals surface area contributed by atoms with E-state index in [9.17, 15) is 22.4 Å². The Morgan fingerprint density at radius 1 is 1.23 bits per heavy atom. The number of imidazole rings is 1. The minimum absolute atomic E-state index is 0.170. The van der Waals surface area contributed by atoms with Crippen LogP contribution in [0.3, 0.4) is 0 Å². The third-order valence-electron chi connectivity index (χ3n) is 6.88. The van der Waals surface area contributed by atoms with Gasteiger partial charge in [0.15, 0.2) is 0 Å².